The third-order valence-electron chi connectivity index (χ3n) is 7.64. The van der Waals surface area contributed by atoms with Crippen molar-refractivity contribution in [1.82, 2.24) is 20.1 Å². The number of rotatable bonds is 4. The van der Waals surface area contributed by atoms with Gasteiger partial charge in [0.15, 0.2) is 0 Å². The van der Waals surface area contributed by atoms with Crippen molar-refractivity contribution in [2.24, 2.45) is 0 Å². The van der Waals surface area contributed by atoms with E-state index in [0.29, 0.717) is 31.6 Å². The number of β-amino-alcohol motifs (C(OH)–C–C–N with tert-alkyl or cyclic N) is 1. The van der Waals surface area contributed by atoms with Gasteiger partial charge in [-0.3, -0.25) is 19.5 Å². The van der Waals surface area contributed by atoms with Crippen LogP contribution in [0.25, 0.3) is 10.9 Å². The van der Waals surface area contributed by atoms with Crippen LogP contribution in [-0.4, -0.2) is 75.6 Å². The van der Waals surface area contributed by atoms with Gasteiger partial charge in [-0.1, -0.05) is 25.3 Å². The Balaban J connectivity index is 1.20. The van der Waals surface area contributed by atoms with E-state index in [9.17, 15) is 14.7 Å². The number of hydrogen-bond donors (Lipinski definition) is 2. The minimum absolute atomic E-state index is 0.0484. The Hall–Kier alpha value is -2.51. The monoisotopic (exact) mass is 450 g/mol. The average Bonchev–Trinajstić information content (AvgIpc) is 3.26. The molecule has 2 amide bonds. The standard InChI is InChI=1S/C26H34N4O3/c31-22-16-24(25(32)28-20-6-2-1-3-7-20)30(17-22)21-10-13-29(14-11-21)26(33)19-8-9-23-18(15-19)5-4-12-27-23/h4-5,8-9,12,15,20-22,24,31H,1-3,6-7,10-11,13-14,16-17H2,(H,28,32)/t22-,24+/m1/s1. The van der Waals surface area contributed by atoms with Crippen molar-refractivity contribution < 1.29 is 14.7 Å². The van der Waals surface area contributed by atoms with Crippen molar-refractivity contribution in [3.05, 3.63) is 42.1 Å². The summed E-state index contributed by atoms with van der Waals surface area (Å²) in [5, 5.41) is 14.6. The highest BCUT2D eigenvalue weighted by Crippen LogP contribution is 2.28. The Kier molecular flexibility index (Phi) is 6.60. The molecule has 2 atom stereocenters. The molecule has 0 bridgehead atoms. The predicted molar refractivity (Wildman–Crippen MR) is 127 cm³/mol. The summed E-state index contributed by atoms with van der Waals surface area (Å²) in [7, 11) is 0. The van der Waals surface area contributed by atoms with Crippen LogP contribution in [0.15, 0.2) is 36.5 Å². The molecule has 176 valence electrons. The topological polar surface area (TPSA) is 85.8 Å². The molecule has 5 rings (SSSR count). The second-order valence-corrected chi connectivity index (χ2v) is 9.88. The molecular formula is C26H34N4O3. The fourth-order valence-electron chi connectivity index (χ4n) is 5.84. The summed E-state index contributed by atoms with van der Waals surface area (Å²) in [5.74, 6) is 0.119. The molecule has 7 nitrogen and oxygen atoms in total. The molecule has 33 heavy (non-hydrogen) atoms. The van der Waals surface area contributed by atoms with E-state index in [1.165, 1.54) is 19.3 Å². The average molecular weight is 451 g/mol. The lowest BCUT2D eigenvalue weighted by atomic mass is 9.95. The lowest BCUT2D eigenvalue weighted by Crippen LogP contribution is -2.53. The van der Waals surface area contributed by atoms with E-state index in [1.54, 1.807) is 6.20 Å². The number of amides is 2. The zero-order valence-corrected chi connectivity index (χ0v) is 19.2. The molecule has 0 unspecified atom stereocenters. The van der Waals surface area contributed by atoms with Gasteiger partial charge in [0.1, 0.15) is 0 Å². The van der Waals surface area contributed by atoms with Crippen molar-refractivity contribution >= 4 is 22.7 Å². The number of aliphatic hydroxyl groups is 1. The first kappa shape index (κ1) is 22.3. The maximum absolute atomic E-state index is 13.1. The van der Waals surface area contributed by atoms with E-state index in [2.05, 4.69) is 15.2 Å². The van der Waals surface area contributed by atoms with Crippen LogP contribution in [0.2, 0.25) is 0 Å². The van der Waals surface area contributed by atoms with Gasteiger partial charge < -0.3 is 15.3 Å². The van der Waals surface area contributed by atoms with E-state index in [-0.39, 0.29) is 29.9 Å². The number of pyridine rings is 1. The third-order valence-corrected chi connectivity index (χ3v) is 7.64. The first-order valence-electron chi connectivity index (χ1n) is 12.5. The first-order valence-corrected chi connectivity index (χ1v) is 12.5. The maximum Gasteiger partial charge on any atom is 0.253 e. The highest BCUT2D eigenvalue weighted by Gasteiger charge is 2.41. The smallest absolute Gasteiger partial charge is 0.253 e. The molecule has 0 radical (unpaired) electrons. The molecule has 7 heteroatoms. The van der Waals surface area contributed by atoms with Crippen LogP contribution in [-0.2, 0) is 4.79 Å². The van der Waals surface area contributed by atoms with Crippen molar-refractivity contribution in [2.45, 2.75) is 75.6 Å². The number of hydrogen-bond acceptors (Lipinski definition) is 5. The quantitative estimate of drug-likeness (QED) is 0.748. The summed E-state index contributed by atoms with van der Waals surface area (Å²) in [6.45, 7) is 1.87. The lowest BCUT2D eigenvalue weighted by molar-refractivity contribution is -0.127. The number of carbonyl (C=O) groups excluding carboxylic acids is 2. The maximum atomic E-state index is 13.1. The Bertz CT molecular complexity index is 998. The lowest BCUT2D eigenvalue weighted by Gasteiger charge is -2.39. The first-order chi connectivity index (χ1) is 16.1. The molecule has 1 aliphatic carbocycles. The SMILES string of the molecule is O=C(NC1CCCCC1)[C@@H]1C[C@@H](O)CN1C1CCN(C(=O)c2ccc3ncccc3c2)CC1. The summed E-state index contributed by atoms with van der Waals surface area (Å²) < 4.78 is 0. The van der Waals surface area contributed by atoms with Gasteiger partial charge >= 0.3 is 0 Å². The Morgan fingerprint density at radius 3 is 2.61 bits per heavy atom. The molecule has 1 saturated carbocycles. The molecule has 0 spiro atoms. The summed E-state index contributed by atoms with van der Waals surface area (Å²) in [5.41, 5.74) is 1.58. The van der Waals surface area contributed by atoms with Gasteiger partial charge in [0.2, 0.25) is 5.91 Å². The molecule has 2 N–H and O–H groups in total. The van der Waals surface area contributed by atoms with E-state index in [0.717, 1.165) is 36.6 Å². The minimum Gasteiger partial charge on any atom is -0.392 e. The normalized spacial score (nSPS) is 25.4. The van der Waals surface area contributed by atoms with Gasteiger partial charge in [-0.05, 0) is 56.4 Å². The van der Waals surface area contributed by atoms with E-state index in [4.69, 9.17) is 0 Å². The number of fused-ring (bicyclic) bond motifs is 1. The van der Waals surface area contributed by atoms with Crippen molar-refractivity contribution in [3.8, 4) is 0 Å². The van der Waals surface area contributed by atoms with Gasteiger partial charge in [-0.2, -0.15) is 0 Å². The van der Waals surface area contributed by atoms with Crippen LogP contribution in [0.5, 0.6) is 0 Å². The Morgan fingerprint density at radius 2 is 1.82 bits per heavy atom. The summed E-state index contributed by atoms with van der Waals surface area (Å²) >= 11 is 0. The molecule has 1 aromatic carbocycles. The van der Waals surface area contributed by atoms with Crippen LogP contribution in [0.3, 0.4) is 0 Å². The second-order valence-electron chi connectivity index (χ2n) is 9.88. The van der Waals surface area contributed by atoms with Crippen LogP contribution in [0, 0.1) is 0 Å². The number of nitrogens with one attached hydrogen (secondary N) is 1. The highest BCUT2D eigenvalue weighted by molar-refractivity contribution is 5.98. The van der Waals surface area contributed by atoms with Crippen LogP contribution < -0.4 is 5.32 Å². The van der Waals surface area contributed by atoms with Gasteiger partial charge in [-0.25, -0.2) is 0 Å². The third kappa shape index (κ3) is 4.89. The van der Waals surface area contributed by atoms with Crippen molar-refractivity contribution in [3.63, 3.8) is 0 Å². The van der Waals surface area contributed by atoms with Crippen LogP contribution in [0.1, 0.15) is 61.7 Å². The number of aromatic nitrogens is 1. The Morgan fingerprint density at radius 1 is 1.03 bits per heavy atom. The fourth-order valence-corrected chi connectivity index (χ4v) is 5.84. The zero-order chi connectivity index (χ0) is 22.8. The van der Waals surface area contributed by atoms with Crippen molar-refractivity contribution in [2.75, 3.05) is 19.6 Å². The molecule has 3 aliphatic rings. The van der Waals surface area contributed by atoms with Crippen LogP contribution >= 0.6 is 0 Å². The van der Waals surface area contributed by atoms with Gasteiger partial charge in [0, 0.05) is 48.9 Å². The number of likely N-dealkylation sites (tertiary alicyclic amines) is 2. The molecule has 2 saturated heterocycles. The van der Waals surface area contributed by atoms with E-state index < -0.39 is 6.10 Å². The van der Waals surface area contributed by atoms with Gasteiger partial charge in [-0.15, -0.1) is 0 Å². The number of aliphatic hydroxyl groups excluding tert-OH is 1. The number of benzene rings is 1. The van der Waals surface area contributed by atoms with Gasteiger partial charge in [0.25, 0.3) is 5.91 Å². The van der Waals surface area contributed by atoms with Crippen molar-refractivity contribution in [1.29, 1.82) is 0 Å². The number of nitrogens with zero attached hydrogens (tertiary/aromatic N) is 3. The van der Waals surface area contributed by atoms with Crippen LogP contribution in [0.4, 0.5) is 0 Å². The molecule has 2 aliphatic heterocycles. The predicted octanol–water partition coefficient (Wildman–Crippen LogP) is 2.72. The number of carbonyl (C=O) groups is 2. The minimum atomic E-state index is -0.460. The number of piperidine rings is 1. The second kappa shape index (κ2) is 9.77. The molecule has 2 aromatic rings. The fraction of sp³-hybridized carbons (Fsp3) is 0.577. The molecular weight excluding hydrogens is 416 g/mol. The molecule has 3 fully saturated rings. The largest absolute Gasteiger partial charge is 0.392 e. The highest BCUT2D eigenvalue weighted by atomic mass is 16.3. The summed E-state index contributed by atoms with van der Waals surface area (Å²) in [6, 6.07) is 9.76. The van der Waals surface area contributed by atoms with Gasteiger partial charge in [0.05, 0.1) is 17.7 Å². The van der Waals surface area contributed by atoms with E-state index >= 15 is 0 Å². The summed E-state index contributed by atoms with van der Waals surface area (Å²) in [6.07, 6.45) is 9.19. The summed E-state index contributed by atoms with van der Waals surface area (Å²) in [4.78, 5) is 34.6. The Labute approximate surface area is 195 Å². The molecule has 1 aromatic heterocycles. The zero-order valence-electron chi connectivity index (χ0n) is 19.2. The molecule has 3 heterocycles. The van der Waals surface area contributed by atoms with E-state index in [1.807, 2.05) is 35.2 Å².